The van der Waals surface area contributed by atoms with Crippen LogP contribution < -0.4 is 9.64 Å². The maximum Gasteiger partial charge on any atom is 0.254 e. The minimum atomic E-state index is 0.0384. The molecule has 0 atom stereocenters. The molecule has 1 amide bonds. The quantitative estimate of drug-likeness (QED) is 0.494. The highest BCUT2D eigenvalue weighted by molar-refractivity contribution is 6.01. The summed E-state index contributed by atoms with van der Waals surface area (Å²) in [6.45, 7) is 2.95. The molecular weight excluding hydrogens is 390 g/mol. The molecule has 6 heteroatoms. The number of amides is 1. The highest BCUT2D eigenvalue weighted by Crippen LogP contribution is 2.29. The number of carbonyl (C=O) groups excluding carboxylic acids is 1. The summed E-state index contributed by atoms with van der Waals surface area (Å²) < 4.78 is 10.8. The van der Waals surface area contributed by atoms with Gasteiger partial charge in [0, 0.05) is 43.0 Å². The molecule has 2 heterocycles. The van der Waals surface area contributed by atoms with Crippen LogP contribution in [-0.4, -0.2) is 49.3 Å². The van der Waals surface area contributed by atoms with Crippen LogP contribution in [0.5, 0.6) is 5.75 Å². The van der Waals surface area contributed by atoms with Crippen molar-refractivity contribution in [3.8, 4) is 17.1 Å². The van der Waals surface area contributed by atoms with Crippen LogP contribution in [0, 0.1) is 0 Å². The minimum absolute atomic E-state index is 0.0384. The molecule has 5 rings (SSSR count). The standard InChI is InChI=1S/C25H23N3O3/c1-30-21-10-8-20(9-11-21)27-13-15-28(16-14-27)25(29)19-7-12-23-22(17-19)24(31-26-23)18-5-3-2-4-6-18/h2-12,17H,13-16H2,1H3. The number of nitrogens with zero attached hydrogens (tertiary/aromatic N) is 3. The summed E-state index contributed by atoms with van der Waals surface area (Å²) in [7, 11) is 1.67. The third kappa shape index (κ3) is 3.72. The number of carbonyl (C=O) groups is 1. The fourth-order valence-electron chi connectivity index (χ4n) is 4.02. The summed E-state index contributed by atoms with van der Waals surface area (Å²) in [5.41, 5.74) is 3.50. The minimum Gasteiger partial charge on any atom is -0.497 e. The largest absolute Gasteiger partial charge is 0.497 e. The Bertz CT molecular complexity index is 1190. The molecule has 156 valence electrons. The molecule has 0 spiro atoms. The summed E-state index contributed by atoms with van der Waals surface area (Å²) in [6.07, 6.45) is 0. The first-order valence-corrected chi connectivity index (χ1v) is 10.4. The molecule has 1 aromatic heterocycles. The summed E-state index contributed by atoms with van der Waals surface area (Å²) in [4.78, 5) is 17.4. The highest BCUT2D eigenvalue weighted by atomic mass is 16.5. The van der Waals surface area contributed by atoms with Gasteiger partial charge in [-0.05, 0) is 42.5 Å². The van der Waals surface area contributed by atoms with Crippen LogP contribution in [0.1, 0.15) is 10.4 Å². The van der Waals surface area contributed by atoms with Crippen molar-refractivity contribution >= 4 is 22.5 Å². The molecule has 3 aromatic carbocycles. The molecule has 31 heavy (non-hydrogen) atoms. The lowest BCUT2D eigenvalue weighted by atomic mass is 10.1. The van der Waals surface area contributed by atoms with Crippen LogP contribution in [-0.2, 0) is 0 Å². The zero-order valence-electron chi connectivity index (χ0n) is 17.3. The number of methoxy groups -OCH3 is 1. The van der Waals surface area contributed by atoms with Crippen molar-refractivity contribution in [2.75, 3.05) is 38.2 Å². The van der Waals surface area contributed by atoms with E-state index in [1.54, 1.807) is 7.11 Å². The number of piperazine rings is 1. The normalized spacial score (nSPS) is 14.1. The fourth-order valence-corrected chi connectivity index (χ4v) is 4.02. The Morgan fingerprint density at radius 2 is 1.68 bits per heavy atom. The van der Waals surface area contributed by atoms with Crippen molar-refractivity contribution < 1.29 is 14.1 Å². The number of rotatable bonds is 4. The van der Waals surface area contributed by atoms with E-state index < -0.39 is 0 Å². The lowest BCUT2D eigenvalue weighted by Crippen LogP contribution is -2.48. The van der Waals surface area contributed by atoms with Crippen molar-refractivity contribution in [3.05, 3.63) is 78.4 Å². The average molecular weight is 413 g/mol. The van der Waals surface area contributed by atoms with Crippen molar-refractivity contribution in [1.29, 1.82) is 0 Å². The van der Waals surface area contributed by atoms with Gasteiger partial charge in [-0.3, -0.25) is 4.79 Å². The van der Waals surface area contributed by atoms with E-state index in [9.17, 15) is 4.79 Å². The monoisotopic (exact) mass is 413 g/mol. The Balaban J connectivity index is 1.32. The Kier molecular flexibility index (Phi) is 5.04. The molecular formula is C25H23N3O3. The lowest BCUT2D eigenvalue weighted by molar-refractivity contribution is 0.0747. The lowest BCUT2D eigenvalue weighted by Gasteiger charge is -2.36. The third-order valence-electron chi connectivity index (χ3n) is 5.76. The second-order valence-electron chi connectivity index (χ2n) is 7.59. The van der Waals surface area contributed by atoms with E-state index in [1.165, 1.54) is 0 Å². The van der Waals surface area contributed by atoms with E-state index in [2.05, 4.69) is 22.2 Å². The SMILES string of the molecule is COc1ccc(N2CCN(C(=O)c3ccc4noc(-c5ccccc5)c4c3)CC2)cc1. The zero-order chi connectivity index (χ0) is 21.2. The van der Waals surface area contributed by atoms with Crippen molar-refractivity contribution in [3.63, 3.8) is 0 Å². The van der Waals surface area contributed by atoms with Gasteiger partial charge in [0.15, 0.2) is 5.76 Å². The van der Waals surface area contributed by atoms with Gasteiger partial charge in [0.25, 0.3) is 5.91 Å². The van der Waals surface area contributed by atoms with Gasteiger partial charge < -0.3 is 19.1 Å². The highest BCUT2D eigenvalue weighted by Gasteiger charge is 2.23. The van der Waals surface area contributed by atoms with E-state index in [0.29, 0.717) is 24.4 Å². The second kappa shape index (κ2) is 8.14. The average Bonchev–Trinajstić information content (AvgIpc) is 3.27. The number of aromatic nitrogens is 1. The van der Waals surface area contributed by atoms with Gasteiger partial charge in [0.05, 0.1) is 12.5 Å². The maximum absolute atomic E-state index is 13.2. The van der Waals surface area contributed by atoms with E-state index in [4.69, 9.17) is 9.26 Å². The molecule has 1 aliphatic rings. The van der Waals surface area contributed by atoms with Crippen LogP contribution in [0.25, 0.3) is 22.2 Å². The third-order valence-corrected chi connectivity index (χ3v) is 5.76. The molecule has 4 aromatic rings. The Labute approximate surface area is 180 Å². The first kappa shape index (κ1) is 19.2. The molecule has 0 radical (unpaired) electrons. The number of fused-ring (bicyclic) bond motifs is 1. The first-order valence-electron chi connectivity index (χ1n) is 10.4. The molecule has 0 unspecified atom stereocenters. The van der Waals surface area contributed by atoms with E-state index in [0.717, 1.165) is 41.0 Å². The predicted octanol–water partition coefficient (Wildman–Crippen LogP) is 4.47. The zero-order valence-corrected chi connectivity index (χ0v) is 17.3. The predicted molar refractivity (Wildman–Crippen MR) is 121 cm³/mol. The smallest absolute Gasteiger partial charge is 0.254 e. The molecule has 0 bridgehead atoms. The van der Waals surface area contributed by atoms with Gasteiger partial charge in [0.2, 0.25) is 0 Å². The van der Waals surface area contributed by atoms with Crippen LogP contribution in [0.3, 0.4) is 0 Å². The van der Waals surface area contributed by atoms with Gasteiger partial charge in [-0.25, -0.2) is 0 Å². The van der Waals surface area contributed by atoms with Gasteiger partial charge >= 0.3 is 0 Å². The molecule has 0 saturated carbocycles. The number of anilines is 1. The second-order valence-corrected chi connectivity index (χ2v) is 7.59. The Morgan fingerprint density at radius 3 is 2.39 bits per heavy atom. The maximum atomic E-state index is 13.2. The van der Waals surface area contributed by atoms with Crippen LogP contribution in [0.4, 0.5) is 5.69 Å². The Morgan fingerprint density at radius 1 is 0.935 bits per heavy atom. The Hall–Kier alpha value is -3.80. The van der Waals surface area contributed by atoms with Crippen molar-refractivity contribution in [2.45, 2.75) is 0 Å². The summed E-state index contributed by atoms with van der Waals surface area (Å²) in [5, 5.41) is 5.00. The summed E-state index contributed by atoms with van der Waals surface area (Å²) >= 11 is 0. The molecule has 0 N–H and O–H groups in total. The molecule has 0 aliphatic carbocycles. The van der Waals surface area contributed by atoms with Gasteiger partial charge in [-0.2, -0.15) is 0 Å². The molecule has 1 fully saturated rings. The molecule has 1 saturated heterocycles. The number of hydrogen-bond donors (Lipinski definition) is 0. The first-order chi connectivity index (χ1) is 15.2. The van der Waals surface area contributed by atoms with Gasteiger partial charge in [-0.1, -0.05) is 35.5 Å². The van der Waals surface area contributed by atoms with Crippen LogP contribution in [0.2, 0.25) is 0 Å². The van der Waals surface area contributed by atoms with E-state index in [-0.39, 0.29) is 5.91 Å². The summed E-state index contributed by atoms with van der Waals surface area (Å²) in [5.74, 6) is 1.57. The van der Waals surface area contributed by atoms with Gasteiger partial charge in [-0.15, -0.1) is 0 Å². The van der Waals surface area contributed by atoms with Crippen molar-refractivity contribution in [2.24, 2.45) is 0 Å². The topological polar surface area (TPSA) is 58.8 Å². The van der Waals surface area contributed by atoms with E-state index in [1.807, 2.05) is 65.6 Å². The molecule has 6 nitrogen and oxygen atoms in total. The van der Waals surface area contributed by atoms with Crippen LogP contribution in [0.15, 0.2) is 77.3 Å². The number of benzene rings is 3. The van der Waals surface area contributed by atoms with Crippen molar-refractivity contribution in [1.82, 2.24) is 10.1 Å². The van der Waals surface area contributed by atoms with E-state index >= 15 is 0 Å². The fraction of sp³-hybridized carbons (Fsp3) is 0.200. The van der Waals surface area contributed by atoms with Gasteiger partial charge in [0.1, 0.15) is 11.3 Å². The number of hydrogen-bond acceptors (Lipinski definition) is 5. The van der Waals surface area contributed by atoms with Crippen LogP contribution >= 0.6 is 0 Å². The summed E-state index contributed by atoms with van der Waals surface area (Å²) in [6, 6.07) is 23.5. The number of ether oxygens (including phenoxy) is 1. The molecule has 1 aliphatic heterocycles.